The van der Waals surface area contributed by atoms with Crippen molar-refractivity contribution in [3.63, 3.8) is 0 Å². The third kappa shape index (κ3) is 38.0. The molecule has 0 saturated heterocycles. The number of fused-ring (bicyclic) bond motifs is 21. The fourth-order valence-corrected chi connectivity index (χ4v) is 12.1. The van der Waals surface area contributed by atoms with Crippen molar-refractivity contribution in [1.82, 2.24) is 56.7 Å². The van der Waals surface area contributed by atoms with Crippen LogP contribution >= 0.6 is 0 Å². The van der Waals surface area contributed by atoms with E-state index in [0.29, 0.717) is 0 Å². The molecule has 0 aliphatic carbocycles. The van der Waals surface area contributed by atoms with Gasteiger partial charge in [-0.2, -0.15) is 93.4 Å². The van der Waals surface area contributed by atoms with Gasteiger partial charge >= 0.3 is 108 Å². The Kier molecular flexibility index (Phi) is 63.9. The number of carboxylic acid groups (broad SMARTS) is 4. The van der Waals surface area contributed by atoms with E-state index in [0.717, 1.165) is 66.5 Å². The summed E-state index contributed by atoms with van der Waals surface area (Å²) in [6, 6.07) is 84.3. The third-order valence-corrected chi connectivity index (χ3v) is 19.6. The second-order valence-corrected chi connectivity index (χ2v) is 28.2. The van der Waals surface area contributed by atoms with E-state index < -0.39 is 23.9 Å². The van der Waals surface area contributed by atoms with Crippen LogP contribution in [-0.4, -0.2) is 115 Å². The maximum atomic E-state index is 9.10. The first-order valence-electron chi connectivity index (χ1n) is 38.0. The zero-order valence-electron chi connectivity index (χ0n) is 73.0. The first-order chi connectivity index (χ1) is 66.4. The van der Waals surface area contributed by atoms with Gasteiger partial charge < -0.3 is 185 Å². The van der Waals surface area contributed by atoms with E-state index in [1.807, 2.05) is 183 Å². The number of imidazole rings is 5. The first kappa shape index (κ1) is 131. The molecule has 4 aliphatic rings. The van der Waals surface area contributed by atoms with Crippen LogP contribution in [0.2, 0.25) is 0 Å². The number of carboxylic acids is 4. The molecule has 17 aromatic rings. The molecular weight excluding hydrogens is 2820 g/mol. The Balaban J connectivity index is 0. The van der Waals surface area contributed by atoms with Gasteiger partial charge in [-0.25, -0.2) is 19.2 Å². The molecule has 7 aromatic carbocycles. The van der Waals surface area contributed by atoms with Crippen molar-refractivity contribution in [1.29, 1.82) is 52.6 Å². The molecule has 32 nitrogen and oxygen atoms in total. The van der Waals surface area contributed by atoms with Crippen molar-refractivity contribution in [3.8, 4) is 36.4 Å². The Labute approximate surface area is 954 Å². The van der Waals surface area contributed by atoms with Crippen LogP contribution in [0.3, 0.4) is 0 Å². The minimum absolute atomic E-state index is 0. The predicted molar refractivity (Wildman–Crippen MR) is 521 cm³/mol. The van der Waals surface area contributed by atoms with Gasteiger partial charge in [0, 0.05) is 130 Å². The summed E-state index contributed by atoms with van der Waals surface area (Å²) in [5, 5.41) is 114. The molecule has 21 rings (SSSR count). The molecule has 144 heavy (non-hydrogen) atoms. The molecule has 0 atom stereocenters. The standard InChI is InChI=1S/2C12H10N2.5C11H7N2.3C4H2N2S2.2C2H2O4.4CN.4Au.3Cu/c2*1-13-8-11-7-6-10-4-2-3-5-12(10)14(11)9-13;5*1-2-4-10-9(3-1)5-7-13-8-6-12-11(10)13;3*5-1-3(7)4(8)2-6;2*3-1(4)2(5)6;4*1-2;;;;;;;/h2*2-4,6-9H,1H3;5*1-3,5-8H;3*7-8H;2*(H,3,4)(H,5,6);;;;;;;;;;;/q2*-2;5*-1;;;;;;4*-1;;+1;2*+3;;;+1/p-6. The number of allylic oxidation sites excluding steroid dienone is 8. The van der Waals surface area contributed by atoms with E-state index in [2.05, 4.69) is 286 Å². The Hall–Kier alpha value is -14.7. The van der Waals surface area contributed by atoms with Crippen LogP contribution in [0, 0.1) is 171 Å². The summed E-state index contributed by atoms with van der Waals surface area (Å²) in [7, 11) is 4.06. The van der Waals surface area contributed by atoms with Crippen molar-refractivity contribution in [3.05, 3.63) is 409 Å². The molecule has 0 saturated carbocycles. The molecule has 4 aliphatic heterocycles. The minimum Gasteiger partial charge on any atom is -0.770 e. The topological polar surface area (TPSA) is 487 Å². The summed E-state index contributed by atoms with van der Waals surface area (Å²) in [4.78, 5) is 65.5. The molecule has 0 fully saturated rings. The van der Waals surface area contributed by atoms with Crippen LogP contribution in [0.1, 0.15) is 11.1 Å². The van der Waals surface area contributed by atoms with Crippen LogP contribution in [0.15, 0.2) is 316 Å². The summed E-state index contributed by atoms with van der Waals surface area (Å²) >= 11 is 26.1. The number of para-hydroxylation sites is 2. The summed E-state index contributed by atoms with van der Waals surface area (Å²) in [6.07, 6.45) is 41.5. The number of rotatable bonds is 0. The molecule has 0 bridgehead atoms. The molecule has 4 N–H and O–H groups in total. The molecular formula is C99H59Au4Cu3N24O8S6-11. The number of aromatic nitrogens is 10. The van der Waals surface area contributed by atoms with Crippen LogP contribution in [0.5, 0.6) is 0 Å². The number of nitrogens with zero attached hydrogens (tertiary/aromatic N) is 24. The van der Waals surface area contributed by atoms with Crippen molar-refractivity contribution < 1.29 is 180 Å². The van der Waals surface area contributed by atoms with Gasteiger partial charge in [-0.15, -0.1) is 228 Å². The quantitative estimate of drug-likeness (QED) is 0.0360. The SMILES string of the molecule is CN1C=C2C=Cc3ccc[c-]c3N2[CH-]1.CN1C=C2C=Cc3ccc[c-]c3N2[CH-]1.N#CC([S-])=C([S-])C#N.N#CC([S-])=C([S-])C#N.N#CC([S-])=C([S-])C#N.O=C(O)C(=O)O.O=C(O)C(=O)O.[Au+3].[Au+3].[Au+].[Au].[C-]#N.[C-]#N.[C-]#N.[C-]#N.[Cu+].[Cu].[Cu].[c-]1cccc2ccn3ccnc3c12.[c-]1cccc2ccn3ccnc3c12.[c-]1cccc2ccn3ccnc3c12.[c-]1cccc2ccn3ccnc3c12.[c-]1cccc2ccn3ccnc3c12. The fourth-order valence-electron chi connectivity index (χ4n) is 11.8. The van der Waals surface area contributed by atoms with E-state index in [9.17, 15) is 0 Å². The number of nitriles is 6. The number of aliphatic carboxylic acids is 4. The minimum atomic E-state index is -1.82. The van der Waals surface area contributed by atoms with Gasteiger partial charge in [0.25, 0.3) is 0 Å². The molecule has 0 unspecified atom stereocenters. The molecule has 10 aromatic heterocycles. The molecule has 3 radical (unpaired) electrons. The fraction of sp³-hybridized carbons (Fsp3) is 0.0202. The average molecular weight is 2880 g/mol. The van der Waals surface area contributed by atoms with Crippen LogP contribution < -0.4 is 9.80 Å². The predicted octanol–water partition coefficient (Wildman–Crippen LogP) is 15.6. The van der Waals surface area contributed by atoms with Gasteiger partial charge in [0.15, 0.2) is 0 Å². The van der Waals surface area contributed by atoms with Gasteiger partial charge in [-0.05, 0) is 57.5 Å². The van der Waals surface area contributed by atoms with Crippen molar-refractivity contribution in [2.45, 2.75) is 0 Å². The molecule has 45 heteroatoms. The van der Waals surface area contributed by atoms with Gasteiger partial charge in [0.2, 0.25) is 0 Å². The summed E-state index contributed by atoms with van der Waals surface area (Å²) in [5.74, 6) is -7.30. The zero-order valence-corrected chi connectivity index (χ0v) is 89.4. The van der Waals surface area contributed by atoms with E-state index in [-0.39, 0.29) is 170 Å². The Morgan fingerprint density at radius 3 is 0.701 bits per heavy atom. The van der Waals surface area contributed by atoms with Gasteiger partial charge in [0.05, 0.1) is 64.7 Å². The van der Waals surface area contributed by atoms with E-state index in [1.165, 1.54) is 49.5 Å². The second kappa shape index (κ2) is 70.0. The van der Waals surface area contributed by atoms with Crippen molar-refractivity contribution in [2.24, 2.45) is 0 Å². The monoisotopic (exact) mass is 2880 g/mol. The smallest absolute Gasteiger partial charge is 0.770 e. The Morgan fingerprint density at radius 1 is 0.326 bits per heavy atom. The summed E-state index contributed by atoms with van der Waals surface area (Å²) < 4.78 is 9.99. The number of hydrogen-bond acceptors (Lipinski definition) is 29. The summed E-state index contributed by atoms with van der Waals surface area (Å²) in [6.45, 7) is 23.1. The van der Waals surface area contributed by atoms with Gasteiger partial charge in [-0.1, -0.05) is 53.9 Å². The van der Waals surface area contributed by atoms with Gasteiger partial charge in [0.1, 0.15) is 0 Å². The molecule has 14 heterocycles. The molecule has 0 amide bonds. The van der Waals surface area contributed by atoms with Gasteiger partial charge in [-0.3, -0.25) is 24.9 Å². The number of hydrogen-bond donors (Lipinski definition) is 4. The largest absolute Gasteiger partial charge is 3.00 e. The first-order valence-corrected chi connectivity index (χ1v) is 40.5. The third-order valence-electron chi connectivity index (χ3n) is 17.5. The van der Waals surface area contributed by atoms with Crippen LogP contribution in [0.25, 0.3) is 94.3 Å². The van der Waals surface area contributed by atoms with Crippen LogP contribution in [0.4, 0.5) is 11.4 Å². The molecule has 747 valence electrons. The Morgan fingerprint density at radius 2 is 0.514 bits per heavy atom. The zero-order chi connectivity index (χ0) is 100. The van der Waals surface area contributed by atoms with E-state index in [1.54, 1.807) is 67.4 Å². The van der Waals surface area contributed by atoms with E-state index >= 15 is 0 Å². The number of carbonyl (C=O) groups is 4. The van der Waals surface area contributed by atoms with Crippen molar-refractivity contribution >= 4 is 205 Å². The number of pyridine rings is 5. The molecule has 0 spiro atoms. The summed E-state index contributed by atoms with van der Waals surface area (Å²) in [5.41, 5.74) is 11.9. The number of anilines is 2. The normalized spacial score (nSPS) is 10.9. The second-order valence-electron chi connectivity index (χ2n) is 25.8. The van der Waals surface area contributed by atoms with Crippen LogP contribution in [-0.2, 0) is 236 Å². The van der Waals surface area contributed by atoms with Crippen molar-refractivity contribution in [2.75, 3.05) is 23.9 Å². The number of benzene rings is 7. The maximum absolute atomic E-state index is 9.10. The maximum Gasteiger partial charge on any atom is 3.00 e. The average Bonchev–Trinajstić information content (AvgIpc) is 1.64. The van der Waals surface area contributed by atoms with E-state index in [4.69, 9.17) is 119 Å². The Bertz CT molecular complexity index is 6860.